The lowest BCUT2D eigenvalue weighted by atomic mass is 10.0. The Hall–Kier alpha value is -1.87. The summed E-state index contributed by atoms with van der Waals surface area (Å²) in [6, 6.07) is 11.5. The minimum absolute atomic E-state index is 0.114. The van der Waals surface area contributed by atoms with E-state index in [0.29, 0.717) is 0 Å². The number of aliphatic hydroxyl groups is 1. The second-order valence-electron chi connectivity index (χ2n) is 5.04. The quantitative estimate of drug-likeness (QED) is 0.904. The lowest BCUT2D eigenvalue weighted by Crippen LogP contribution is -2.08. The molecule has 1 unspecified atom stereocenters. The Balaban J connectivity index is 2.30. The van der Waals surface area contributed by atoms with Gasteiger partial charge in [-0.1, -0.05) is 25.1 Å². The van der Waals surface area contributed by atoms with Crippen LogP contribution in [-0.4, -0.2) is 16.2 Å². The molecule has 0 saturated carbocycles. The average Bonchev–Trinajstić information content (AvgIpc) is 2.46. The number of ether oxygens (including phenoxy) is 1. The maximum absolute atomic E-state index is 10.5. The van der Waals surface area contributed by atoms with Crippen molar-refractivity contribution in [2.45, 2.75) is 39.4 Å². The highest BCUT2D eigenvalue weighted by molar-refractivity contribution is 5.35. The summed E-state index contributed by atoms with van der Waals surface area (Å²) in [7, 11) is 0. The molecular weight excluding hydrogens is 250 g/mol. The van der Waals surface area contributed by atoms with Crippen LogP contribution < -0.4 is 4.74 Å². The maximum atomic E-state index is 10.5. The molecule has 0 bridgehead atoms. The third kappa shape index (κ3) is 3.36. The Bertz CT molecular complexity index is 566. The molecular formula is C17H21NO2. The fraction of sp³-hybridized carbons (Fsp3) is 0.353. The molecule has 2 aromatic rings. The van der Waals surface area contributed by atoms with Gasteiger partial charge in [0.1, 0.15) is 11.9 Å². The number of aryl methyl sites for hydroxylation is 1. The Labute approximate surface area is 120 Å². The molecule has 1 aromatic heterocycles. The lowest BCUT2D eigenvalue weighted by molar-refractivity contribution is 0.211. The number of benzene rings is 1. The van der Waals surface area contributed by atoms with Gasteiger partial charge in [0.2, 0.25) is 0 Å². The van der Waals surface area contributed by atoms with Crippen LogP contribution in [-0.2, 0) is 6.42 Å². The van der Waals surface area contributed by atoms with Crippen molar-refractivity contribution in [3.63, 3.8) is 0 Å². The maximum Gasteiger partial charge on any atom is 0.121 e. The van der Waals surface area contributed by atoms with E-state index in [4.69, 9.17) is 4.74 Å². The van der Waals surface area contributed by atoms with Crippen LogP contribution in [0, 0.1) is 0 Å². The number of hydrogen-bond acceptors (Lipinski definition) is 3. The largest absolute Gasteiger partial charge is 0.491 e. The van der Waals surface area contributed by atoms with Crippen LogP contribution in [0.25, 0.3) is 0 Å². The lowest BCUT2D eigenvalue weighted by Gasteiger charge is -2.16. The molecule has 1 atom stereocenters. The number of aromatic nitrogens is 1. The zero-order chi connectivity index (χ0) is 14.5. The summed E-state index contributed by atoms with van der Waals surface area (Å²) in [4.78, 5) is 4.33. The highest BCUT2D eigenvalue weighted by Crippen LogP contribution is 2.26. The third-order valence-corrected chi connectivity index (χ3v) is 3.11. The van der Waals surface area contributed by atoms with Crippen LogP contribution in [0.4, 0.5) is 0 Å². The van der Waals surface area contributed by atoms with Crippen LogP contribution >= 0.6 is 0 Å². The van der Waals surface area contributed by atoms with Crippen LogP contribution in [0.5, 0.6) is 5.75 Å². The van der Waals surface area contributed by atoms with Gasteiger partial charge in [-0.3, -0.25) is 4.98 Å². The summed E-state index contributed by atoms with van der Waals surface area (Å²) in [6.45, 7) is 6.03. The fourth-order valence-electron chi connectivity index (χ4n) is 2.18. The first-order valence-electron chi connectivity index (χ1n) is 7.00. The van der Waals surface area contributed by atoms with Crippen molar-refractivity contribution in [1.29, 1.82) is 0 Å². The van der Waals surface area contributed by atoms with E-state index in [-0.39, 0.29) is 6.10 Å². The van der Waals surface area contributed by atoms with Crippen LogP contribution in [0.15, 0.2) is 42.6 Å². The average molecular weight is 271 g/mol. The first-order valence-corrected chi connectivity index (χ1v) is 7.00. The molecule has 0 radical (unpaired) electrons. The summed E-state index contributed by atoms with van der Waals surface area (Å²) < 4.78 is 5.67. The zero-order valence-corrected chi connectivity index (χ0v) is 12.2. The van der Waals surface area contributed by atoms with Gasteiger partial charge >= 0.3 is 0 Å². The molecule has 0 aliphatic rings. The second-order valence-corrected chi connectivity index (χ2v) is 5.04. The van der Waals surface area contributed by atoms with Gasteiger partial charge in [0.25, 0.3) is 0 Å². The van der Waals surface area contributed by atoms with Gasteiger partial charge in [0.15, 0.2) is 0 Å². The summed E-state index contributed by atoms with van der Waals surface area (Å²) in [6.07, 6.45) is 1.96. The molecule has 0 aliphatic carbocycles. The molecule has 1 heterocycles. The van der Waals surface area contributed by atoms with E-state index < -0.39 is 6.10 Å². The number of pyridine rings is 1. The van der Waals surface area contributed by atoms with Gasteiger partial charge in [-0.05, 0) is 49.6 Å². The van der Waals surface area contributed by atoms with Gasteiger partial charge in [0.05, 0.1) is 11.8 Å². The Morgan fingerprint density at radius 3 is 2.70 bits per heavy atom. The third-order valence-electron chi connectivity index (χ3n) is 3.11. The highest BCUT2D eigenvalue weighted by Gasteiger charge is 2.15. The number of aliphatic hydroxyl groups excluding tert-OH is 1. The topological polar surface area (TPSA) is 42.4 Å². The number of nitrogens with zero attached hydrogens (tertiary/aromatic N) is 1. The molecule has 0 amide bonds. The van der Waals surface area contributed by atoms with Crippen molar-refractivity contribution in [1.82, 2.24) is 4.98 Å². The van der Waals surface area contributed by atoms with E-state index >= 15 is 0 Å². The first-order chi connectivity index (χ1) is 9.61. The predicted octanol–water partition coefficient (Wildman–Crippen LogP) is 3.51. The molecule has 3 nitrogen and oxygen atoms in total. The van der Waals surface area contributed by atoms with E-state index in [0.717, 1.165) is 29.0 Å². The molecule has 0 saturated heterocycles. The SMILES string of the molecule is CCc1cccnc1C(O)c1cccc(OC(C)C)c1. The van der Waals surface area contributed by atoms with Gasteiger partial charge in [-0.2, -0.15) is 0 Å². The van der Waals surface area contributed by atoms with Crippen LogP contribution in [0.2, 0.25) is 0 Å². The van der Waals surface area contributed by atoms with Gasteiger partial charge in [0, 0.05) is 6.20 Å². The van der Waals surface area contributed by atoms with Crippen molar-refractivity contribution in [2.24, 2.45) is 0 Å². The molecule has 0 spiro atoms. The predicted molar refractivity (Wildman–Crippen MR) is 79.9 cm³/mol. The van der Waals surface area contributed by atoms with E-state index in [1.54, 1.807) is 6.20 Å². The summed E-state index contributed by atoms with van der Waals surface area (Å²) in [5, 5.41) is 10.5. The monoisotopic (exact) mass is 271 g/mol. The fourth-order valence-corrected chi connectivity index (χ4v) is 2.18. The van der Waals surface area contributed by atoms with Crippen molar-refractivity contribution in [3.8, 4) is 5.75 Å². The van der Waals surface area contributed by atoms with E-state index in [2.05, 4.69) is 11.9 Å². The Morgan fingerprint density at radius 1 is 1.20 bits per heavy atom. The van der Waals surface area contributed by atoms with Gasteiger partial charge < -0.3 is 9.84 Å². The smallest absolute Gasteiger partial charge is 0.121 e. The number of rotatable bonds is 5. The molecule has 20 heavy (non-hydrogen) atoms. The Kier molecular flexibility index (Phi) is 4.74. The first kappa shape index (κ1) is 14.5. The number of hydrogen-bond donors (Lipinski definition) is 1. The van der Waals surface area contributed by atoms with Crippen LogP contribution in [0.1, 0.15) is 43.7 Å². The standard InChI is InChI=1S/C17H21NO2/c1-4-13-8-6-10-18-16(13)17(19)14-7-5-9-15(11-14)20-12(2)3/h5-12,17,19H,4H2,1-3H3. The zero-order valence-electron chi connectivity index (χ0n) is 12.2. The van der Waals surface area contributed by atoms with E-state index in [1.165, 1.54) is 0 Å². The molecule has 106 valence electrons. The molecule has 2 rings (SSSR count). The highest BCUT2D eigenvalue weighted by atomic mass is 16.5. The minimum atomic E-state index is -0.720. The second kappa shape index (κ2) is 6.53. The molecule has 1 N–H and O–H groups in total. The van der Waals surface area contributed by atoms with Gasteiger partial charge in [-0.15, -0.1) is 0 Å². The normalized spacial score (nSPS) is 12.4. The summed E-state index contributed by atoms with van der Waals surface area (Å²) in [5.41, 5.74) is 2.59. The van der Waals surface area contributed by atoms with Crippen molar-refractivity contribution < 1.29 is 9.84 Å². The Morgan fingerprint density at radius 2 is 2.00 bits per heavy atom. The van der Waals surface area contributed by atoms with Crippen molar-refractivity contribution in [2.75, 3.05) is 0 Å². The summed E-state index contributed by atoms with van der Waals surface area (Å²) in [5.74, 6) is 0.769. The summed E-state index contributed by atoms with van der Waals surface area (Å²) >= 11 is 0. The van der Waals surface area contributed by atoms with Crippen LogP contribution in [0.3, 0.4) is 0 Å². The minimum Gasteiger partial charge on any atom is -0.491 e. The molecule has 0 aliphatic heterocycles. The molecule has 0 fully saturated rings. The van der Waals surface area contributed by atoms with Crippen molar-refractivity contribution in [3.05, 3.63) is 59.4 Å². The van der Waals surface area contributed by atoms with Crippen molar-refractivity contribution >= 4 is 0 Å². The van der Waals surface area contributed by atoms with E-state index in [1.807, 2.05) is 50.2 Å². The van der Waals surface area contributed by atoms with E-state index in [9.17, 15) is 5.11 Å². The molecule has 3 heteroatoms. The molecule has 1 aromatic carbocycles. The van der Waals surface area contributed by atoms with Gasteiger partial charge in [-0.25, -0.2) is 0 Å².